The van der Waals surface area contributed by atoms with Gasteiger partial charge in [0.1, 0.15) is 5.01 Å². The first-order valence-electron chi connectivity index (χ1n) is 7.21. The van der Waals surface area contributed by atoms with Crippen molar-refractivity contribution in [3.05, 3.63) is 27.5 Å². The fraction of sp³-hybridized carbons (Fsp3) is 0.467. The van der Waals surface area contributed by atoms with Gasteiger partial charge in [-0.05, 0) is 37.8 Å². The Morgan fingerprint density at radius 1 is 1.46 bits per heavy atom. The minimum Gasteiger partial charge on any atom is -0.349 e. The minimum atomic E-state index is -0.281. The van der Waals surface area contributed by atoms with Crippen molar-refractivity contribution in [3.63, 3.8) is 0 Å². The first-order valence-corrected chi connectivity index (χ1v) is 9.29. The number of nitrogens with one attached hydrogen (secondary N) is 1. The molecular weight excluding hydrogens is 409 g/mol. The maximum absolute atomic E-state index is 12.2. The summed E-state index contributed by atoms with van der Waals surface area (Å²) < 4.78 is 0.743. The number of rotatable bonds is 6. The number of amides is 1. The number of carbonyl (C=O) groups excluding carboxylic acids is 1. The molecule has 3 N–H and O–H groups in total. The quantitative estimate of drug-likeness (QED) is 0.726. The second-order valence-corrected chi connectivity index (χ2v) is 8.44. The number of hydrogen-bond acceptors (Lipinski definition) is 5. The molecule has 2 heterocycles. The van der Waals surface area contributed by atoms with Gasteiger partial charge in [-0.1, -0.05) is 11.6 Å². The fourth-order valence-corrected chi connectivity index (χ4v) is 4.43. The summed E-state index contributed by atoms with van der Waals surface area (Å²) in [5.74, 6) is 0.501. The van der Waals surface area contributed by atoms with Gasteiger partial charge in [0.25, 0.3) is 0 Å². The van der Waals surface area contributed by atoms with Crippen LogP contribution in [0.5, 0.6) is 0 Å². The Labute approximate surface area is 167 Å². The summed E-state index contributed by atoms with van der Waals surface area (Å²) in [6, 6.07) is 3.81. The van der Waals surface area contributed by atoms with E-state index >= 15 is 0 Å². The van der Waals surface area contributed by atoms with Crippen molar-refractivity contribution in [1.82, 2.24) is 10.3 Å². The molecule has 2 aromatic heterocycles. The zero-order chi connectivity index (χ0) is 15.7. The second kappa shape index (κ2) is 8.83. The van der Waals surface area contributed by atoms with Crippen molar-refractivity contribution in [3.8, 4) is 9.88 Å². The van der Waals surface area contributed by atoms with E-state index in [1.165, 1.54) is 22.7 Å². The van der Waals surface area contributed by atoms with Gasteiger partial charge in [0.15, 0.2) is 0 Å². The highest BCUT2D eigenvalue weighted by molar-refractivity contribution is 7.23. The summed E-state index contributed by atoms with van der Waals surface area (Å²) in [6.07, 6.45) is 2.58. The van der Waals surface area contributed by atoms with E-state index in [4.69, 9.17) is 17.3 Å². The van der Waals surface area contributed by atoms with Crippen LogP contribution >= 0.6 is 59.1 Å². The zero-order valence-corrected chi connectivity index (χ0v) is 17.1. The maximum atomic E-state index is 12.2. The van der Waals surface area contributed by atoms with Crippen LogP contribution in [-0.2, 0) is 11.2 Å². The maximum Gasteiger partial charge on any atom is 0.226 e. The number of nitrogens with zero attached hydrogens (tertiary/aromatic N) is 1. The highest BCUT2D eigenvalue weighted by Gasteiger charge is 2.41. The first kappa shape index (κ1) is 21.7. The second-order valence-electron chi connectivity index (χ2n) is 5.87. The standard InChI is InChI=1S/C15H18ClN3OS2.2ClH/c1-15(8-17,9-2-3-9)19-13(20)6-10-7-21-14(18-10)11-4-5-12(16)22-11;;/h4-5,7,9H,2-3,6,8,17H2,1H3,(H,19,20);2*1H. The van der Waals surface area contributed by atoms with Crippen molar-refractivity contribution >= 4 is 65.0 Å². The first-order chi connectivity index (χ1) is 10.5. The number of carbonyl (C=O) groups is 1. The van der Waals surface area contributed by atoms with E-state index in [-0.39, 0.29) is 42.7 Å². The number of halogens is 3. The number of aromatic nitrogens is 1. The normalized spacial score (nSPS) is 15.8. The predicted molar refractivity (Wildman–Crippen MR) is 107 cm³/mol. The fourth-order valence-electron chi connectivity index (χ4n) is 2.50. The van der Waals surface area contributed by atoms with Crippen LogP contribution in [-0.4, -0.2) is 23.0 Å². The molecule has 1 unspecified atom stereocenters. The average Bonchev–Trinajstić information content (AvgIpc) is 3.11. The van der Waals surface area contributed by atoms with Crippen molar-refractivity contribution in [2.24, 2.45) is 11.7 Å². The molecule has 0 bridgehead atoms. The van der Waals surface area contributed by atoms with Gasteiger partial charge in [0.05, 0.1) is 26.9 Å². The molecule has 4 nitrogen and oxygen atoms in total. The molecule has 1 atom stereocenters. The van der Waals surface area contributed by atoms with Crippen LogP contribution in [0, 0.1) is 5.92 Å². The molecule has 1 aliphatic rings. The molecule has 3 rings (SSSR count). The molecule has 1 saturated carbocycles. The van der Waals surface area contributed by atoms with Crippen molar-refractivity contribution in [1.29, 1.82) is 0 Å². The molecule has 0 radical (unpaired) electrons. The number of nitrogens with two attached hydrogens (primary N) is 1. The third kappa shape index (κ3) is 5.07. The van der Waals surface area contributed by atoms with Gasteiger partial charge in [-0.3, -0.25) is 4.79 Å². The Morgan fingerprint density at radius 3 is 2.71 bits per heavy atom. The lowest BCUT2D eigenvalue weighted by molar-refractivity contribution is -0.122. The molecule has 0 aliphatic heterocycles. The Balaban J connectivity index is 0.00000144. The molecule has 24 heavy (non-hydrogen) atoms. The highest BCUT2D eigenvalue weighted by atomic mass is 35.5. The van der Waals surface area contributed by atoms with Gasteiger partial charge in [-0.25, -0.2) is 4.98 Å². The van der Waals surface area contributed by atoms with E-state index in [0.717, 1.165) is 32.8 Å². The summed E-state index contributed by atoms with van der Waals surface area (Å²) in [5, 5.41) is 5.92. The van der Waals surface area contributed by atoms with Crippen LogP contribution in [0.4, 0.5) is 0 Å². The monoisotopic (exact) mass is 427 g/mol. The Morgan fingerprint density at radius 2 is 2.17 bits per heavy atom. The van der Waals surface area contributed by atoms with E-state index in [2.05, 4.69) is 10.3 Å². The number of hydrogen-bond donors (Lipinski definition) is 2. The summed E-state index contributed by atoms with van der Waals surface area (Å²) >= 11 is 8.98. The van der Waals surface area contributed by atoms with Gasteiger partial charge in [0, 0.05) is 11.9 Å². The Kier molecular flexibility index (Phi) is 7.97. The summed E-state index contributed by atoms with van der Waals surface area (Å²) in [7, 11) is 0. The van der Waals surface area contributed by atoms with E-state index in [0.29, 0.717) is 12.5 Å². The lowest BCUT2D eigenvalue weighted by Crippen LogP contribution is -2.53. The molecule has 2 aromatic rings. The third-order valence-corrected chi connectivity index (χ3v) is 6.30. The topological polar surface area (TPSA) is 68.0 Å². The Bertz CT molecular complexity index is 687. The summed E-state index contributed by atoms with van der Waals surface area (Å²) in [4.78, 5) is 17.8. The lowest BCUT2D eigenvalue weighted by atomic mass is 9.95. The predicted octanol–water partition coefficient (Wildman–Crippen LogP) is 4.15. The van der Waals surface area contributed by atoms with Crippen molar-refractivity contribution in [2.75, 3.05) is 6.54 Å². The minimum absolute atomic E-state index is 0. The number of thiazole rings is 1. The molecule has 9 heteroatoms. The SMILES string of the molecule is CC(CN)(NC(=O)Cc1csc(-c2ccc(Cl)s2)n1)C1CC1.Cl.Cl. The molecule has 0 aromatic carbocycles. The van der Waals surface area contributed by atoms with Crippen molar-refractivity contribution < 1.29 is 4.79 Å². The van der Waals surface area contributed by atoms with Gasteiger partial charge >= 0.3 is 0 Å². The molecule has 1 amide bonds. The molecular formula is C15H20Cl3N3OS2. The number of thiophene rings is 1. The van der Waals surface area contributed by atoms with Gasteiger partial charge in [-0.15, -0.1) is 47.5 Å². The molecule has 134 valence electrons. The summed E-state index contributed by atoms with van der Waals surface area (Å²) in [6.45, 7) is 2.50. The van der Waals surface area contributed by atoms with E-state index in [1.807, 2.05) is 24.4 Å². The largest absolute Gasteiger partial charge is 0.349 e. The molecule has 0 spiro atoms. The lowest BCUT2D eigenvalue weighted by Gasteiger charge is -2.29. The van der Waals surface area contributed by atoms with Crippen LogP contribution in [0.15, 0.2) is 17.5 Å². The molecule has 0 saturated heterocycles. The summed E-state index contributed by atoms with van der Waals surface area (Å²) in [5.41, 5.74) is 6.34. The zero-order valence-electron chi connectivity index (χ0n) is 13.1. The average molecular weight is 429 g/mol. The van der Waals surface area contributed by atoms with Gasteiger partial charge in [0.2, 0.25) is 5.91 Å². The van der Waals surface area contributed by atoms with Gasteiger partial charge < -0.3 is 11.1 Å². The van der Waals surface area contributed by atoms with Crippen LogP contribution in [0.3, 0.4) is 0 Å². The van der Waals surface area contributed by atoms with Crippen LogP contribution in [0.2, 0.25) is 4.34 Å². The van der Waals surface area contributed by atoms with Crippen LogP contribution < -0.4 is 11.1 Å². The van der Waals surface area contributed by atoms with Crippen LogP contribution in [0.1, 0.15) is 25.5 Å². The molecule has 1 aliphatic carbocycles. The van der Waals surface area contributed by atoms with Crippen LogP contribution in [0.25, 0.3) is 9.88 Å². The van der Waals surface area contributed by atoms with Crippen molar-refractivity contribution in [2.45, 2.75) is 31.7 Å². The van der Waals surface area contributed by atoms with E-state index < -0.39 is 0 Å². The van der Waals surface area contributed by atoms with E-state index in [9.17, 15) is 4.79 Å². The van der Waals surface area contributed by atoms with Gasteiger partial charge in [-0.2, -0.15) is 0 Å². The Hall–Kier alpha value is -0.370. The molecule has 1 fully saturated rings. The highest BCUT2D eigenvalue weighted by Crippen LogP contribution is 2.39. The third-order valence-electron chi connectivity index (χ3n) is 4.00. The van der Waals surface area contributed by atoms with E-state index in [1.54, 1.807) is 0 Å². The smallest absolute Gasteiger partial charge is 0.226 e.